The molecule has 1 heterocycles. The van der Waals surface area contributed by atoms with Crippen LogP contribution in [0, 0.1) is 0 Å². The lowest BCUT2D eigenvalue weighted by Gasteiger charge is -2.55. The van der Waals surface area contributed by atoms with Crippen molar-refractivity contribution in [2.45, 2.75) is 57.4 Å². The smallest absolute Gasteiger partial charge is 0.224 e. The fourth-order valence-corrected chi connectivity index (χ4v) is 4.89. The van der Waals surface area contributed by atoms with E-state index >= 15 is 0 Å². The lowest BCUT2D eigenvalue weighted by molar-refractivity contribution is -0.453. The summed E-state index contributed by atoms with van der Waals surface area (Å²) in [5.41, 5.74) is -0.801. The first-order chi connectivity index (χ1) is 14.6. The Balaban J connectivity index is 2.64. The number of hydrogen-bond acceptors (Lipinski definition) is 9. The van der Waals surface area contributed by atoms with E-state index in [-0.39, 0.29) is 16.7 Å². The minimum absolute atomic E-state index is 0.127. The van der Waals surface area contributed by atoms with Gasteiger partial charge in [0.25, 0.3) is 0 Å². The highest BCUT2D eigenvalue weighted by Crippen LogP contribution is 2.47. The van der Waals surface area contributed by atoms with Crippen LogP contribution in [-0.2, 0) is 35.0 Å². The summed E-state index contributed by atoms with van der Waals surface area (Å²) in [6.45, 7) is 7.04. The highest BCUT2D eigenvalue weighted by molar-refractivity contribution is 8.14. The zero-order valence-electron chi connectivity index (χ0n) is 19.2. The quantitative estimate of drug-likeness (QED) is 0.535. The number of thioether (sulfide) groups is 2. The predicted octanol–water partition coefficient (Wildman–Crippen LogP) is 3.68. The number of rotatable bonds is 9. The summed E-state index contributed by atoms with van der Waals surface area (Å²) in [5.74, 6) is -1.09. The number of hydrogen-bond donors (Lipinski definition) is 0. The molecule has 1 aliphatic rings. The Hall–Kier alpha value is -1.10. The third-order valence-corrected chi connectivity index (χ3v) is 7.18. The number of carbonyl (C=O) groups excluding carboxylic acids is 2. The molecule has 0 N–H and O–H groups in total. The van der Waals surface area contributed by atoms with Crippen LogP contribution < -0.4 is 4.74 Å². The van der Waals surface area contributed by atoms with E-state index in [9.17, 15) is 9.59 Å². The monoisotopic (exact) mass is 472 g/mol. The average molecular weight is 473 g/mol. The van der Waals surface area contributed by atoms with Gasteiger partial charge in [-0.2, -0.15) is 0 Å². The number of ether oxygens (including phenoxy) is 5. The van der Waals surface area contributed by atoms with E-state index in [0.717, 1.165) is 29.1 Å². The van der Waals surface area contributed by atoms with E-state index in [4.69, 9.17) is 23.7 Å². The molecule has 1 fully saturated rings. The molecule has 0 spiro atoms. The number of benzene rings is 1. The van der Waals surface area contributed by atoms with Gasteiger partial charge in [-0.1, -0.05) is 49.5 Å². The maximum absolute atomic E-state index is 13.5. The van der Waals surface area contributed by atoms with Crippen molar-refractivity contribution in [2.75, 3.05) is 32.8 Å². The lowest BCUT2D eigenvalue weighted by atomic mass is 9.86. The maximum Gasteiger partial charge on any atom is 0.224 e. The van der Waals surface area contributed by atoms with Gasteiger partial charge >= 0.3 is 0 Å². The van der Waals surface area contributed by atoms with Gasteiger partial charge in [0.05, 0.1) is 7.11 Å². The van der Waals surface area contributed by atoms with Crippen LogP contribution in [0.3, 0.4) is 0 Å². The van der Waals surface area contributed by atoms with Gasteiger partial charge in [0, 0.05) is 20.6 Å². The lowest BCUT2D eigenvalue weighted by Crippen LogP contribution is -2.73. The minimum atomic E-state index is -1.60. The van der Waals surface area contributed by atoms with E-state index < -0.39 is 23.3 Å². The van der Waals surface area contributed by atoms with Crippen molar-refractivity contribution >= 4 is 33.8 Å². The molecule has 1 saturated heterocycles. The summed E-state index contributed by atoms with van der Waals surface area (Å²) in [6, 6.07) is 7.29. The van der Waals surface area contributed by atoms with Gasteiger partial charge in [0.1, 0.15) is 5.75 Å². The van der Waals surface area contributed by atoms with Crippen molar-refractivity contribution in [2.24, 2.45) is 0 Å². The normalized spacial score (nSPS) is 30.7. The summed E-state index contributed by atoms with van der Waals surface area (Å²) in [7, 11) is 4.50. The Bertz CT molecular complexity index is 772. The first-order valence-corrected chi connectivity index (χ1v) is 12.1. The first-order valence-electron chi connectivity index (χ1n) is 10.1. The van der Waals surface area contributed by atoms with Crippen LogP contribution in [0.25, 0.3) is 0 Å². The molecule has 174 valence electrons. The van der Waals surface area contributed by atoms with Crippen LogP contribution in [0.4, 0.5) is 0 Å². The van der Waals surface area contributed by atoms with Crippen molar-refractivity contribution in [3.05, 3.63) is 29.8 Å². The van der Waals surface area contributed by atoms with Gasteiger partial charge < -0.3 is 23.7 Å². The number of methoxy groups -OCH3 is 3. The molecule has 0 saturated carbocycles. The molecule has 4 atom stereocenters. The van der Waals surface area contributed by atoms with Gasteiger partial charge in [-0.05, 0) is 43.0 Å². The molecule has 0 unspecified atom stereocenters. The predicted molar refractivity (Wildman–Crippen MR) is 122 cm³/mol. The van der Waals surface area contributed by atoms with Gasteiger partial charge in [0.15, 0.2) is 11.7 Å². The zero-order chi connectivity index (χ0) is 23.3. The van der Waals surface area contributed by atoms with E-state index in [2.05, 4.69) is 0 Å². The van der Waals surface area contributed by atoms with Crippen molar-refractivity contribution in [1.29, 1.82) is 0 Å². The summed E-state index contributed by atoms with van der Waals surface area (Å²) < 4.78 is 29.2. The molecule has 1 aliphatic heterocycles. The van der Waals surface area contributed by atoms with Crippen molar-refractivity contribution < 1.29 is 33.3 Å². The standard InChI is InChI=1S/C22H32O7S2/c1-8-30-18(23)17-22(19(24)31-9-2,14-15-10-12-16(25-5)13-11-15)29-21(4,27-7)20(3,26-6)28-17/h10-13,17H,8-9,14H2,1-7H3/t17-,20+,21+,22-/m1/s1. The Morgan fingerprint density at radius 3 is 2.03 bits per heavy atom. The van der Waals surface area contributed by atoms with Gasteiger partial charge in [-0.3, -0.25) is 9.59 Å². The Labute approximate surface area is 192 Å². The van der Waals surface area contributed by atoms with E-state index in [1.165, 1.54) is 14.2 Å². The van der Waals surface area contributed by atoms with E-state index in [1.54, 1.807) is 33.1 Å². The van der Waals surface area contributed by atoms with Crippen molar-refractivity contribution in [1.82, 2.24) is 0 Å². The molecule has 7 nitrogen and oxygen atoms in total. The van der Waals surface area contributed by atoms with Gasteiger partial charge in [-0.15, -0.1) is 0 Å². The maximum atomic E-state index is 13.5. The molecule has 0 aliphatic carbocycles. The number of carbonyl (C=O) groups is 2. The fraction of sp³-hybridized carbons (Fsp3) is 0.636. The molecule has 2 rings (SSSR count). The van der Waals surface area contributed by atoms with Crippen LogP contribution in [0.5, 0.6) is 5.75 Å². The Morgan fingerprint density at radius 1 is 0.968 bits per heavy atom. The summed E-state index contributed by atoms with van der Waals surface area (Å²) in [4.78, 5) is 26.7. The fourth-order valence-electron chi connectivity index (χ4n) is 3.49. The molecule has 1 aromatic carbocycles. The van der Waals surface area contributed by atoms with Crippen LogP contribution in [0.15, 0.2) is 24.3 Å². The average Bonchev–Trinajstić information content (AvgIpc) is 2.76. The highest BCUT2D eigenvalue weighted by atomic mass is 32.2. The topological polar surface area (TPSA) is 80.3 Å². The molecular weight excluding hydrogens is 440 g/mol. The molecule has 0 radical (unpaired) electrons. The first kappa shape index (κ1) is 26.2. The summed E-state index contributed by atoms with van der Waals surface area (Å²) in [6.07, 6.45) is -1.05. The van der Waals surface area contributed by atoms with Crippen LogP contribution >= 0.6 is 23.5 Å². The second-order valence-corrected chi connectivity index (χ2v) is 9.79. The Kier molecular flexibility index (Phi) is 9.01. The van der Waals surface area contributed by atoms with Crippen LogP contribution in [0.2, 0.25) is 0 Å². The third kappa shape index (κ3) is 5.12. The Morgan fingerprint density at radius 2 is 1.55 bits per heavy atom. The molecule has 9 heteroatoms. The summed E-state index contributed by atoms with van der Waals surface area (Å²) in [5, 5.41) is -0.579. The minimum Gasteiger partial charge on any atom is -0.497 e. The molecule has 31 heavy (non-hydrogen) atoms. The van der Waals surface area contributed by atoms with Gasteiger partial charge in [-0.25, -0.2) is 0 Å². The SMILES string of the molecule is CCSC(=O)[C@H]1O[C@](C)(OC)[C@@](C)(OC)O[C@@]1(Cc1ccc(OC)cc1)C(=O)SCC. The van der Waals surface area contributed by atoms with E-state index in [1.807, 2.05) is 26.0 Å². The van der Waals surface area contributed by atoms with Crippen LogP contribution in [-0.4, -0.2) is 66.3 Å². The largest absolute Gasteiger partial charge is 0.497 e. The van der Waals surface area contributed by atoms with Crippen LogP contribution in [0.1, 0.15) is 33.3 Å². The molecular formula is C22H32O7S2. The highest BCUT2D eigenvalue weighted by Gasteiger charge is 2.66. The second-order valence-electron chi connectivity index (χ2n) is 7.29. The van der Waals surface area contributed by atoms with Crippen molar-refractivity contribution in [3.8, 4) is 5.75 Å². The van der Waals surface area contributed by atoms with Crippen molar-refractivity contribution in [3.63, 3.8) is 0 Å². The zero-order valence-corrected chi connectivity index (χ0v) is 20.8. The second kappa shape index (κ2) is 10.7. The molecule has 0 bridgehead atoms. The van der Waals surface area contributed by atoms with E-state index in [0.29, 0.717) is 17.3 Å². The molecule has 1 aromatic rings. The third-order valence-electron chi connectivity index (χ3n) is 5.49. The van der Waals surface area contributed by atoms with Gasteiger partial charge in [0.2, 0.25) is 21.8 Å². The summed E-state index contributed by atoms with van der Waals surface area (Å²) >= 11 is 2.18. The molecule has 0 aromatic heterocycles. The molecule has 0 amide bonds.